The number of rotatable bonds is 2. The van der Waals surface area contributed by atoms with E-state index in [9.17, 15) is 9.59 Å². The van der Waals surface area contributed by atoms with Crippen molar-refractivity contribution in [3.05, 3.63) is 29.8 Å². The molecule has 1 aromatic carbocycles. The monoisotopic (exact) mass is 236 g/mol. The van der Waals surface area contributed by atoms with Gasteiger partial charge in [-0.05, 0) is 30.2 Å². The molecular formula is C11H9ClN2O2. The average molecular weight is 237 g/mol. The molecule has 0 aliphatic rings. The van der Waals surface area contributed by atoms with Gasteiger partial charge in [-0.2, -0.15) is 0 Å². The number of hydrogen-bond acceptors (Lipinski definition) is 2. The van der Waals surface area contributed by atoms with Gasteiger partial charge in [-0.1, -0.05) is 5.92 Å². The molecule has 4 nitrogen and oxygen atoms in total. The Morgan fingerprint density at radius 1 is 1.31 bits per heavy atom. The Bertz CT molecular complexity index is 457. The summed E-state index contributed by atoms with van der Waals surface area (Å²) in [5, 5.41) is 2.57. The smallest absolute Gasteiger partial charge is 0.293 e. The van der Waals surface area contributed by atoms with Crippen molar-refractivity contribution in [3.8, 4) is 11.8 Å². The third-order valence-corrected chi connectivity index (χ3v) is 1.86. The summed E-state index contributed by atoms with van der Waals surface area (Å²) in [5.74, 6) is 3.73. The van der Waals surface area contributed by atoms with Crippen molar-refractivity contribution in [2.75, 3.05) is 11.2 Å². The minimum Gasteiger partial charge on any atom is -0.359 e. The fourth-order valence-corrected chi connectivity index (χ4v) is 1.03. The topological polar surface area (TPSA) is 72.2 Å². The molecule has 0 saturated heterocycles. The molecular weight excluding hydrogens is 228 g/mol. The number of nitrogens with one attached hydrogen (secondary N) is 1. The second-order valence-corrected chi connectivity index (χ2v) is 3.14. The van der Waals surface area contributed by atoms with E-state index in [0.717, 1.165) is 0 Å². The number of alkyl halides is 1. The van der Waals surface area contributed by atoms with Crippen LogP contribution in [-0.2, 0) is 9.59 Å². The number of anilines is 1. The third kappa shape index (κ3) is 4.03. The fraction of sp³-hybridized carbons (Fsp3) is 0.0909. The average Bonchev–Trinajstić information content (AvgIpc) is 2.28. The molecule has 0 radical (unpaired) electrons. The van der Waals surface area contributed by atoms with Gasteiger partial charge in [0.15, 0.2) is 0 Å². The highest BCUT2D eigenvalue weighted by atomic mass is 35.5. The quantitative estimate of drug-likeness (QED) is 0.586. The number of benzene rings is 1. The number of amides is 2. The molecule has 0 saturated carbocycles. The van der Waals surface area contributed by atoms with Gasteiger partial charge < -0.3 is 11.1 Å². The van der Waals surface area contributed by atoms with Gasteiger partial charge in [-0.25, -0.2) is 0 Å². The lowest BCUT2D eigenvalue weighted by molar-refractivity contribution is -0.114. The Morgan fingerprint density at radius 2 is 1.94 bits per heavy atom. The molecule has 16 heavy (non-hydrogen) atoms. The van der Waals surface area contributed by atoms with Crippen LogP contribution in [0.2, 0.25) is 0 Å². The summed E-state index contributed by atoms with van der Waals surface area (Å²) in [7, 11) is 0. The molecule has 3 N–H and O–H groups in total. The molecule has 0 unspecified atom stereocenters. The van der Waals surface area contributed by atoms with E-state index in [1.165, 1.54) is 0 Å². The van der Waals surface area contributed by atoms with E-state index in [1.807, 2.05) is 0 Å². The minimum absolute atomic E-state index is 0.0940. The van der Waals surface area contributed by atoms with Crippen molar-refractivity contribution in [1.82, 2.24) is 0 Å². The molecule has 0 fully saturated rings. The lowest BCUT2D eigenvalue weighted by Crippen LogP contribution is -2.12. The van der Waals surface area contributed by atoms with E-state index in [2.05, 4.69) is 17.2 Å². The number of hydrogen-bond donors (Lipinski definition) is 2. The van der Waals surface area contributed by atoms with E-state index in [-0.39, 0.29) is 11.8 Å². The zero-order valence-electron chi connectivity index (χ0n) is 8.29. The predicted molar refractivity (Wildman–Crippen MR) is 61.9 cm³/mol. The number of carbonyl (C=O) groups excluding carboxylic acids is 2. The Balaban J connectivity index is 2.73. The summed E-state index contributed by atoms with van der Waals surface area (Å²) >= 11 is 5.33. The maximum Gasteiger partial charge on any atom is 0.293 e. The number of carbonyl (C=O) groups is 2. The summed E-state index contributed by atoms with van der Waals surface area (Å²) in [6, 6.07) is 6.66. The van der Waals surface area contributed by atoms with Gasteiger partial charge in [0.05, 0.1) is 0 Å². The maximum atomic E-state index is 10.9. The maximum absolute atomic E-state index is 10.9. The first-order chi connectivity index (χ1) is 7.61. The molecule has 0 aliphatic carbocycles. The normalized spacial score (nSPS) is 8.81. The number of nitrogens with two attached hydrogens (primary N) is 1. The first kappa shape index (κ1) is 12.1. The first-order valence-corrected chi connectivity index (χ1v) is 4.92. The Morgan fingerprint density at radius 3 is 2.44 bits per heavy atom. The van der Waals surface area contributed by atoms with Crippen LogP contribution in [0.5, 0.6) is 0 Å². The van der Waals surface area contributed by atoms with Crippen LogP contribution in [0, 0.1) is 11.8 Å². The molecule has 82 valence electrons. The van der Waals surface area contributed by atoms with E-state index < -0.39 is 5.91 Å². The molecule has 0 aliphatic heterocycles. The molecule has 2 amide bonds. The Hall–Kier alpha value is -1.99. The molecule has 1 aromatic rings. The number of halogens is 1. The van der Waals surface area contributed by atoms with Crippen molar-refractivity contribution in [2.45, 2.75) is 0 Å². The van der Waals surface area contributed by atoms with Gasteiger partial charge in [0.1, 0.15) is 5.88 Å². The van der Waals surface area contributed by atoms with Crippen LogP contribution in [0.1, 0.15) is 5.56 Å². The highest BCUT2D eigenvalue weighted by Crippen LogP contribution is 2.08. The second-order valence-electron chi connectivity index (χ2n) is 2.87. The van der Waals surface area contributed by atoms with E-state index in [1.54, 1.807) is 24.3 Å². The predicted octanol–water partition coefficient (Wildman–Crippen LogP) is 0.701. The van der Waals surface area contributed by atoms with E-state index in [0.29, 0.717) is 11.3 Å². The lowest BCUT2D eigenvalue weighted by atomic mass is 10.2. The van der Waals surface area contributed by atoms with Gasteiger partial charge in [0, 0.05) is 11.3 Å². The largest absolute Gasteiger partial charge is 0.359 e. The van der Waals surface area contributed by atoms with Gasteiger partial charge in [0.25, 0.3) is 5.91 Å². The first-order valence-electron chi connectivity index (χ1n) is 4.39. The fourth-order valence-electron chi connectivity index (χ4n) is 0.965. The molecule has 1 rings (SSSR count). The van der Waals surface area contributed by atoms with E-state index in [4.69, 9.17) is 17.3 Å². The Labute approximate surface area is 97.8 Å². The second kappa shape index (κ2) is 5.79. The molecule has 0 spiro atoms. The summed E-state index contributed by atoms with van der Waals surface area (Å²) < 4.78 is 0. The van der Waals surface area contributed by atoms with Crippen molar-refractivity contribution in [3.63, 3.8) is 0 Å². The molecule has 0 heterocycles. The molecule has 0 aromatic heterocycles. The minimum atomic E-state index is -0.681. The van der Waals surface area contributed by atoms with Crippen LogP contribution in [0.3, 0.4) is 0 Å². The van der Waals surface area contributed by atoms with Crippen LogP contribution in [-0.4, -0.2) is 17.7 Å². The standard InChI is InChI=1S/C11H9ClN2O2/c12-7-11(16)14-9-4-1-8(2-5-9)3-6-10(13)15/h1-2,4-5H,7H2,(H2,13,15)(H,14,16). The van der Waals surface area contributed by atoms with Gasteiger partial charge >= 0.3 is 0 Å². The van der Waals surface area contributed by atoms with Crippen LogP contribution in [0.25, 0.3) is 0 Å². The zero-order valence-corrected chi connectivity index (χ0v) is 9.04. The third-order valence-electron chi connectivity index (χ3n) is 1.62. The van der Waals surface area contributed by atoms with Gasteiger partial charge in [0.2, 0.25) is 5.91 Å². The summed E-state index contributed by atoms with van der Waals surface area (Å²) in [4.78, 5) is 21.3. The van der Waals surface area contributed by atoms with Crippen LogP contribution in [0.15, 0.2) is 24.3 Å². The summed E-state index contributed by atoms with van der Waals surface area (Å²) in [6.07, 6.45) is 0. The van der Waals surface area contributed by atoms with Crippen LogP contribution >= 0.6 is 11.6 Å². The van der Waals surface area contributed by atoms with Crippen LogP contribution in [0.4, 0.5) is 5.69 Å². The highest BCUT2D eigenvalue weighted by molar-refractivity contribution is 6.29. The van der Waals surface area contributed by atoms with Gasteiger partial charge in [-0.15, -0.1) is 11.6 Å². The van der Waals surface area contributed by atoms with Crippen LogP contribution < -0.4 is 11.1 Å². The van der Waals surface area contributed by atoms with Crippen molar-refractivity contribution >= 4 is 29.1 Å². The molecule has 0 atom stereocenters. The lowest BCUT2D eigenvalue weighted by Gasteiger charge is -2.01. The molecule has 0 bridgehead atoms. The highest BCUT2D eigenvalue weighted by Gasteiger charge is 1.98. The van der Waals surface area contributed by atoms with Crippen molar-refractivity contribution in [2.24, 2.45) is 5.73 Å². The SMILES string of the molecule is NC(=O)C#Cc1ccc(NC(=O)CCl)cc1. The van der Waals surface area contributed by atoms with Crippen molar-refractivity contribution < 1.29 is 9.59 Å². The summed E-state index contributed by atoms with van der Waals surface area (Å²) in [6.45, 7) is 0. The van der Waals surface area contributed by atoms with Gasteiger partial charge in [-0.3, -0.25) is 9.59 Å². The zero-order chi connectivity index (χ0) is 12.0. The Kier molecular flexibility index (Phi) is 4.37. The molecule has 5 heteroatoms. The van der Waals surface area contributed by atoms with Crippen molar-refractivity contribution in [1.29, 1.82) is 0 Å². The van der Waals surface area contributed by atoms with E-state index >= 15 is 0 Å². The number of primary amides is 1. The summed E-state index contributed by atoms with van der Waals surface area (Å²) in [5.41, 5.74) is 6.13.